The van der Waals surface area contributed by atoms with Gasteiger partial charge < -0.3 is 14.6 Å². The molecular weight excluding hydrogens is 328 g/mol. The lowest BCUT2D eigenvalue weighted by atomic mass is 9.80. The molecule has 1 aromatic rings. The number of carbonyl (C=O) groups excluding carboxylic acids is 1. The van der Waals surface area contributed by atoms with Crippen LogP contribution < -0.4 is 0 Å². The summed E-state index contributed by atoms with van der Waals surface area (Å²) in [6, 6.07) is 9.63. The maximum Gasteiger partial charge on any atom is 0.341 e. The molecule has 0 spiro atoms. The van der Waals surface area contributed by atoms with Gasteiger partial charge in [-0.05, 0) is 37.2 Å². The summed E-state index contributed by atoms with van der Waals surface area (Å²) in [5, 5.41) is 11.4. The molecule has 26 heavy (non-hydrogen) atoms. The van der Waals surface area contributed by atoms with Gasteiger partial charge in [0.05, 0.1) is 6.10 Å². The van der Waals surface area contributed by atoms with Gasteiger partial charge in [0.2, 0.25) is 0 Å². The Hall–Kier alpha value is -1.39. The van der Waals surface area contributed by atoms with Crippen molar-refractivity contribution in [1.82, 2.24) is 0 Å². The van der Waals surface area contributed by atoms with E-state index in [2.05, 4.69) is 0 Å². The molecule has 2 aliphatic rings. The van der Waals surface area contributed by atoms with Gasteiger partial charge in [-0.3, -0.25) is 0 Å². The number of hydrogen-bond acceptors (Lipinski definition) is 4. The predicted octanol–water partition coefficient (Wildman–Crippen LogP) is 4.39. The highest BCUT2D eigenvalue weighted by atomic mass is 16.6. The van der Waals surface area contributed by atoms with Crippen molar-refractivity contribution in [3.05, 3.63) is 35.9 Å². The molecule has 1 aliphatic heterocycles. The second-order valence-electron chi connectivity index (χ2n) is 7.90. The van der Waals surface area contributed by atoms with Crippen LogP contribution in [0.2, 0.25) is 0 Å². The number of carbonyl (C=O) groups is 1. The normalized spacial score (nSPS) is 24.4. The zero-order chi connectivity index (χ0) is 18.2. The minimum Gasteiger partial charge on any atom is -0.459 e. The second-order valence-corrected chi connectivity index (χ2v) is 7.90. The molecule has 1 aromatic carbocycles. The van der Waals surface area contributed by atoms with E-state index in [1.807, 2.05) is 30.3 Å². The van der Waals surface area contributed by atoms with E-state index in [1.54, 1.807) is 0 Å². The molecule has 0 amide bonds. The van der Waals surface area contributed by atoms with Gasteiger partial charge >= 0.3 is 5.97 Å². The zero-order valence-corrected chi connectivity index (χ0v) is 15.7. The Morgan fingerprint density at radius 2 is 1.73 bits per heavy atom. The van der Waals surface area contributed by atoms with Crippen molar-refractivity contribution in [1.29, 1.82) is 0 Å². The Morgan fingerprint density at radius 3 is 2.38 bits per heavy atom. The summed E-state index contributed by atoms with van der Waals surface area (Å²) in [5.41, 5.74) is -0.591. The van der Waals surface area contributed by atoms with Crippen molar-refractivity contribution < 1.29 is 19.4 Å². The van der Waals surface area contributed by atoms with Crippen LogP contribution in [-0.2, 0) is 20.9 Å². The molecule has 0 aromatic heterocycles. The first-order valence-electron chi connectivity index (χ1n) is 10.2. The fourth-order valence-corrected chi connectivity index (χ4v) is 4.32. The van der Waals surface area contributed by atoms with E-state index in [0.29, 0.717) is 18.9 Å². The largest absolute Gasteiger partial charge is 0.459 e. The van der Waals surface area contributed by atoms with Gasteiger partial charge in [-0.1, -0.05) is 68.9 Å². The van der Waals surface area contributed by atoms with Crippen LogP contribution in [0.4, 0.5) is 0 Å². The first-order valence-corrected chi connectivity index (χ1v) is 10.2. The molecule has 2 fully saturated rings. The van der Waals surface area contributed by atoms with Crippen molar-refractivity contribution in [3.8, 4) is 0 Å². The molecule has 4 heteroatoms. The molecule has 0 radical (unpaired) electrons. The molecule has 2 atom stereocenters. The average molecular weight is 360 g/mol. The van der Waals surface area contributed by atoms with E-state index < -0.39 is 17.7 Å². The third-order valence-corrected chi connectivity index (χ3v) is 5.85. The number of aliphatic hydroxyl groups is 1. The van der Waals surface area contributed by atoms with E-state index in [0.717, 1.165) is 37.7 Å². The van der Waals surface area contributed by atoms with Gasteiger partial charge in [0, 0.05) is 6.61 Å². The van der Waals surface area contributed by atoms with Crippen LogP contribution >= 0.6 is 0 Å². The monoisotopic (exact) mass is 360 g/mol. The van der Waals surface area contributed by atoms with Gasteiger partial charge in [0.1, 0.15) is 6.61 Å². The average Bonchev–Trinajstić information content (AvgIpc) is 2.96. The smallest absolute Gasteiger partial charge is 0.341 e. The van der Waals surface area contributed by atoms with Gasteiger partial charge in [-0.25, -0.2) is 4.79 Å². The lowest BCUT2D eigenvalue weighted by Crippen LogP contribution is -2.53. The van der Waals surface area contributed by atoms with Gasteiger partial charge in [0.15, 0.2) is 5.60 Å². The Bertz CT molecular complexity index is 545. The minimum atomic E-state index is -1.52. The molecule has 4 nitrogen and oxygen atoms in total. The number of benzene rings is 1. The first kappa shape index (κ1) is 19.4. The quantitative estimate of drug-likeness (QED) is 0.604. The number of esters is 1. The van der Waals surface area contributed by atoms with Crippen LogP contribution in [0, 0.1) is 5.92 Å². The molecule has 0 bridgehead atoms. The standard InChI is InChI=1S/C22H32O4/c23-21(26-17-19-12-6-3-7-13-19)22(24,20-14-8-9-15-25-20)16-18-10-4-1-2-5-11-18/h3,6-7,12-13,18,20,24H,1-2,4-5,8-11,14-17H2. The molecule has 3 rings (SSSR count). The van der Waals surface area contributed by atoms with Crippen LogP contribution in [0.25, 0.3) is 0 Å². The molecule has 1 saturated carbocycles. The van der Waals surface area contributed by atoms with Gasteiger partial charge in [-0.15, -0.1) is 0 Å². The third kappa shape index (κ3) is 5.08. The minimum absolute atomic E-state index is 0.194. The van der Waals surface area contributed by atoms with E-state index >= 15 is 0 Å². The molecule has 1 saturated heterocycles. The van der Waals surface area contributed by atoms with Crippen LogP contribution in [0.1, 0.15) is 69.8 Å². The molecular formula is C22H32O4. The highest BCUT2D eigenvalue weighted by Crippen LogP contribution is 2.35. The predicted molar refractivity (Wildman–Crippen MR) is 101 cm³/mol. The fraction of sp³-hybridized carbons (Fsp3) is 0.682. The van der Waals surface area contributed by atoms with E-state index in [9.17, 15) is 9.90 Å². The SMILES string of the molecule is O=C(OCc1ccccc1)C(O)(CC1CCCCCC1)C1CCCCO1. The highest BCUT2D eigenvalue weighted by molar-refractivity contribution is 5.80. The summed E-state index contributed by atoms with van der Waals surface area (Å²) in [7, 11) is 0. The van der Waals surface area contributed by atoms with E-state index in [1.165, 1.54) is 25.7 Å². The summed E-state index contributed by atoms with van der Waals surface area (Å²) in [6.45, 7) is 0.809. The van der Waals surface area contributed by atoms with Gasteiger partial charge in [-0.2, -0.15) is 0 Å². The summed E-state index contributed by atoms with van der Waals surface area (Å²) >= 11 is 0. The Labute approximate surface area is 156 Å². The van der Waals surface area contributed by atoms with Crippen LogP contribution in [0.5, 0.6) is 0 Å². The summed E-state index contributed by atoms with van der Waals surface area (Å²) in [6.07, 6.45) is 9.79. The Balaban J connectivity index is 1.69. The maximum absolute atomic E-state index is 12.9. The number of hydrogen-bond donors (Lipinski definition) is 1. The van der Waals surface area contributed by atoms with Crippen molar-refractivity contribution in [2.75, 3.05) is 6.61 Å². The van der Waals surface area contributed by atoms with Crippen LogP contribution in [-0.4, -0.2) is 29.4 Å². The highest BCUT2D eigenvalue weighted by Gasteiger charge is 2.48. The van der Waals surface area contributed by atoms with Crippen LogP contribution in [0.15, 0.2) is 30.3 Å². The fourth-order valence-electron chi connectivity index (χ4n) is 4.32. The van der Waals surface area contributed by atoms with Crippen molar-refractivity contribution in [2.45, 2.75) is 82.5 Å². The topological polar surface area (TPSA) is 55.8 Å². The first-order chi connectivity index (χ1) is 12.7. The Kier molecular flexibility index (Phi) is 7.09. The van der Waals surface area contributed by atoms with Crippen molar-refractivity contribution >= 4 is 5.97 Å². The molecule has 1 heterocycles. The molecule has 144 valence electrons. The summed E-state index contributed by atoms with van der Waals surface area (Å²) in [5.74, 6) is -0.144. The molecule has 1 aliphatic carbocycles. The zero-order valence-electron chi connectivity index (χ0n) is 15.7. The second kappa shape index (κ2) is 9.52. The van der Waals surface area contributed by atoms with Crippen LogP contribution in [0.3, 0.4) is 0 Å². The number of ether oxygens (including phenoxy) is 2. The third-order valence-electron chi connectivity index (χ3n) is 5.85. The van der Waals surface area contributed by atoms with E-state index in [4.69, 9.17) is 9.47 Å². The van der Waals surface area contributed by atoms with Crippen molar-refractivity contribution in [3.63, 3.8) is 0 Å². The Morgan fingerprint density at radius 1 is 1.04 bits per heavy atom. The van der Waals surface area contributed by atoms with Gasteiger partial charge in [0.25, 0.3) is 0 Å². The summed E-state index contributed by atoms with van der Waals surface area (Å²) in [4.78, 5) is 12.9. The molecule has 1 N–H and O–H groups in total. The molecule has 2 unspecified atom stereocenters. The van der Waals surface area contributed by atoms with Crippen molar-refractivity contribution in [2.24, 2.45) is 5.92 Å². The summed E-state index contributed by atoms with van der Waals surface area (Å²) < 4.78 is 11.4. The lowest BCUT2D eigenvalue weighted by Gasteiger charge is -2.38. The van der Waals surface area contributed by atoms with E-state index in [-0.39, 0.29) is 6.61 Å². The lowest BCUT2D eigenvalue weighted by molar-refractivity contribution is -0.193. The number of rotatable bonds is 6. The maximum atomic E-state index is 12.9.